The van der Waals surface area contributed by atoms with Gasteiger partial charge in [-0.1, -0.05) is 37.6 Å². The molecule has 1 atom stereocenters. The zero-order valence-electron chi connectivity index (χ0n) is 14.9. The number of carbonyl (C=O) groups excluding carboxylic acids is 2. The maximum absolute atomic E-state index is 12.3. The first-order valence-corrected chi connectivity index (χ1v) is 8.35. The number of alkyl carbamates (subject to hydrolysis) is 1. The van der Waals surface area contributed by atoms with E-state index in [1.807, 2.05) is 13.8 Å². The van der Waals surface area contributed by atoms with Crippen LogP contribution < -0.4 is 5.32 Å². The fourth-order valence-electron chi connectivity index (χ4n) is 1.97. The van der Waals surface area contributed by atoms with Crippen LogP contribution in [0.15, 0.2) is 24.3 Å². The molecule has 0 saturated carbocycles. The highest BCUT2D eigenvalue weighted by Gasteiger charge is 2.26. The van der Waals surface area contributed by atoms with Gasteiger partial charge in [0.05, 0.1) is 0 Å². The van der Waals surface area contributed by atoms with E-state index >= 15 is 0 Å². The van der Waals surface area contributed by atoms with Crippen molar-refractivity contribution in [2.45, 2.75) is 59.3 Å². The Balaban J connectivity index is 2.63. The van der Waals surface area contributed by atoms with E-state index in [1.54, 1.807) is 45.0 Å². The van der Waals surface area contributed by atoms with E-state index < -0.39 is 23.7 Å². The highest BCUT2D eigenvalue weighted by molar-refractivity contribution is 6.30. The topological polar surface area (TPSA) is 64.6 Å². The molecule has 0 aliphatic carbocycles. The highest BCUT2D eigenvalue weighted by Crippen LogP contribution is 2.13. The minimum atomic E-state index is -0.743. The SMILES string of the molecule is CC(C)C[C@H](NC(=O)OC(C)(C)C)C(=O)OCc1ccc(Cl)cc1. The van der Waals surface area contributed by atoms with Crippen molar-refractivity contribution in [3.63, 3.8) is 0 Å². The van der Waals surface area contributed by atoms with Crippen LogP contribution in [0.2, 0.25) is 5.02 Å². The first-order chi connectivity index (χ1) is 11.1. The van der Waals surface area contributed by atoms with Crippen LogP contribution in [0, 0.1) is 5.92 Å². The predicted molar refractivity (Wildman–Crippen MR) is 93.9 cm³/mol. The van der Waals surface area contributed by atoms with E-state index in [0.29, 0.717) is 11.4 Å². The Labute approximate surface area is 148 Å². The lowest BCUT2D eigenvalue weighted by molar-refractivity contribution is -0.148. The minimum Gasteiger partial charge on any atom is -0.459 e. The molecule has 0 unspecified atom stereocenters. The van der Waals surface area contributed by atoms with Gasteiger partial charge in [0.2, 0.25) is 0 Å². The van der Waals surface area contributed by atoms with Gasteiger partial charge in [0, 0.05) is 5.02 Å². The van der Waals surface area contributed by atoms with E-state index in [-0.39, 0.29) is 12.5 Å². The number of amides is 1. The summed E-state index contributed by atoms with van der Waals surface area (Å²) in [6, 6.07) is 6.29. The van der Waals surface area contributed by atoms with Gasteiger partial charge in [-0.15, -0.1) is 0 Å². The number of halogens is 1. The Bertz CT molecular complexity index is 549. The number of esters is 1. The lowest BCUT2D eigenvalue weighted by atomic mass is 10.0. The summed E-state index contributed by atoms with van der Waals surface area (Å²) in [6.07, 6.45) is -0.157. The summed E-state index contributed by atoms with van der Waals surface area (Å²) in [5.74, 6) is -0.266. The molecule has 0 bridgehead atoms. The molecule has 0 spiro atoms. The number of nitrogens with one attached hydrogen (secondary N) is 1. The van der Waals surface area contributed by atoms with Crippen molar-refractivity contribution >= 4 is 23.7 Å². The molecule has 6 heteroatoms. The molecule has 0 fully saturated rings. The summed E-state index contributed by atoms with van der Waals surface area (Å²) in [7, 11) is 0. The van der Waals surface area contributed by atoms with E-state index in [2.05, 4.69) is 5.32 Å². The second-order valence-electron chi connectivity index (χ2n) is 7.06. The molecule has 5 nitrogen and oxygen atoms in total. The average Bonchev–Trinajstić information content (AvgIpc) is 2.43. The summed E-state index contributed by atoms with van der Waals surface area (Å²) in [5.41, 5.74) is 0.202. The summed E-state index contributed by atoms with van der Waals surface area (Å²) in [6.45, 7) is 9.36. The van der Waals surface area contributed by atoms with Gasteiger partial charge in [-0.2, -0.15) is 0 Å². The van der Waals surface area contributed by atoms with Crippen molar-refractivity contribution in [2.24, 2.45) is 5.92 Å². The maximum atomic E-state index is 12.3. The van der Waals surface area contributed by atoms with Crippen LogP contribution in [0.4, 0.5) is 4.79 Å². The lowest BCUT2D eigenvalue weighted by Crippen LogP contribution is -2.44. The van der Waals surface area contributed by atoms with E-state index in [1.165, 1.54) is 0 Å². The fourth-order valence-corrected chi connectivity index (χ4v) is 2.10. The van der Waals surface area contributed by atoms with Crippen LogP contribution in [-0.4, -0.2) is 23.7 Å². The predicted octanol–water partition coefficient (Wildman–Crippen LogP) is 4.32. The zero-order valence-corrected chi connectivity index (χ0v) is 15.6. The van der Waals surface area contributed by atoms with Crippen LogP contribution in [0.25, 0.3) is 0 Å². The maximum Gasteiger partial charge on any atom is 0.408 e. The first kappa shape index (κ1) is 20.3. The van der Waals surface area contributed by atoms with Crippen molar-refractivity contribution in [1.29, 1.82) is 0 Å². The lowest BCUT2D eigenvalue weighted by Gasteiger charge is -2.23. The normalized spacial score (nSPS) is 12.6. The number of carbonyl (C=O) groups is 2. The molecule has 0 aromatic heterocycles. The average molecular weight is 356 g/mol. The molecule has 0 aliphatic heterocycles. The molecule has 0 aliphatic rings. The molecule has 1 rings (SSSR count). The molecule has 1 N–H and O–H groups in total. The summed E-state index contributed by atoms with van der Waals surface area (Å²) in [4.78, 5) is 24.2. The van der Waals surface area contributed by atoms with E-state index in [0.717, 1.165) is 5.56 Å². The zero-order chi connectivity index (χ0) is 18.3. The second kappa shape index (κ2) is 8.92. The van der Waals surface area contributed by atoms with Gasteiger partial charge in [0.25, 0.3) is 0 Å². The van der Waals surface area contributed by atoms with Crippen LogP contribution in [0.3, 0.4) is 0 Å². The number of hydrogen-bond acceptors (Lipinski definition) is 4. The fraction of sp³-hybridized carbons (Fsp3) is 0.556. The van der Waals surface area contributed by atoms with Gasteiger partial charge < -0.3 is 14.8 Å². The molecule has 134 valence electrons. The van der Waals surface area contributed by atoms with Crippen molar-refractivity contribution in [3.8, 4) is 0 Å². The van der Waals surface area contributed by atoms with E-state index in [4.69, 9.17) is 21.1 Å². The summed E-state index contributed by atoms with van der Waals surface area (Å²) < 4.78 is 10.5. The number of rotatable bonds is 6. The summed E-state index contributed by atoms with van der Waals surface area (Å²) in [5, 5.41) is 3.21. The Hall–Kier alpha value is -1.75. The number of benzene rings is 1. The molecular weight excluding hydrogens is 330 g/mol. The quantitative estimate of drug-likeness (QED) is 0.771. The van der Waals surface area contributed by atoms with Gasteiger partial charge >= 0.3 is 12.1 Å². The van der Waals surface area contributed by atoms with E-state index in [9.17, 15) is 9.59 Å². The minimum absolute atomic E-state index is 0.126. The monoisotopic (exact) mass is 355 g/mol. The van der Waals surface area contributed by atoms with Crippen LogP contribution in [-0.2, 0) is 20.9 Å². The van der Waals surface area contributed by atoms with Crippen molar-refractivity contribution in [1.82, 2.24) is 5.32 Å². The van der Waals surface area contributed by atoms with Crippen LogP contribution >= 0.6 is 11.6 Å². The van der Waals surface area contributed by atoms with Crippen LogP contribution in [0.5, 0.6) is 0 Å². The Morgan fingerprint density at radius 1 is 1.17 bits per heavy atom. The van der Waals surface area contributed by atoms with Crippen molar-refractivity contribution < 1.29 is 19.1 Å². The molecule has 1 aromatic rings. The molecule has 0 radical (unpaired) electrons. The van der Waals surface area contributed by atoms with Crippen molar-refractivity contribution in [3.05, 3.63) is 34.9 Å². The first-order valence-electron chi connectivity index (χ1n) is 7.97. The summed E-state index contributed by atoms with van der Waals surface area (Å²) >= 11 is 5.82. The standard InChI is InChI=1S/C18H26ClNO4/c1-12(2)10-15(20-17(22)24-18(3,4)5)16(21)23-11-13-6-8-14(19)9-7-13/h6-9,12,15H,10-11H2,1-5H3,(H,20,22)/t15-/m0/s1. The highest BCUT2D eigenvalue weighted by atomic mass is 35.5. The smallest absolute Gasteiger partial charge is 0.408 e. The van der Waals surface area contributed by atoms with Crippen LogP contribution in [0.1, 0.15) is 46.6 Å². The Morgan fingerprint density at radius 3 is 2.25 bits per heavy atom. The molecule has 0 heterocycles. The van der Waals surface area contributed by atoms with Gasteiger partial charge in [-0.3, -0.25) is 0 Å². The largest absolute Gasteiger partial charge is 0.459 e. The van der Waals surface area contributed by atoms with Gasteiger partial charge in [0.15, 0.2) is 0 Å². The van der Waals surface area contributed by atoms with Gasteiger partial charge in [-0.05, 0) is 50.8 Å². The second-order valence-corrected chi connectivity index (χ2v) is 7.50. The number of ether oxygens (including phenoxy) is 2. The molecule has 0 saturated heterocycles. The Kier molecular flexibility index (Phi) is 7.55. The third kappa shape index (κ3) is 8.20. The number of hydrogen-bond donors (Lipinski definition) is 1. The molecule has 24 heavy (non-hydrogen) atoms. The Morgan fingerprint density at radius 2 is 1.75 bits per heavy atom. The molecule has 1 amide bonds. The van der Waals surface area contributed by atoms with Gasteiger partial charge in [-0.25, -0.2) is 9.59 Å². The molecular formula is C18H26ClNO4. The third-order valence-corrected chi connectivity index (χ3v) is 3.23. The van der Waals surface area contributed by atoms with Crippen molar-refractivity contribution in [2.75, 3.05) is 0 Å². The molecule has 1 aromatic carbocycles. The third-order valence-electron chi connectivity index (χ3n) is 2.98. The van der Waals surface area contributed by atoms with Gasteiger partial charge in [0.1, 0.15) is 18.2 Å².